The minimum absolute atomic E-state index is 0.0787. The van der Waals surface area contributed by atoms with Crippen molar-refractivity contribution in [3.63, 3.8) is 0 Å². The Morgan fingerprint density at radius 2 is 1.90 bits per heavy atom. The number of nitrogens with zero attached hydrogens (tertiary/aromatic N) is 3. The number of carbonyl (C=O) groups is 1. The second kappa shape index (κ2) is 5.39. The summed E-state index contributed by atoms with van der Waals surface area (Å²) in [5.41, 5.74) is 0.462. The Kier molecular flexibility index (Phi) is 3.81. The monoisotopic (exact) mass is 295 g/mol. The Balaban J connectivity index is 2.15. The first-order valence-electron chi connectivity index (χ1n) is 5.60. The lowest BCUT2D eigenvalue weighted by Gasteiger charge is -2.11. The van der Waals surface area contributed by atoms with E-state index in [1.54, 1.807) is 0 Å². The predicted molar refractivity (Wildman–Crippen MR) is 71.7 cm³/mol. The third-order valence-corrected chi connectivity index (χ3v) is 4.35. The Hall–Kier alpha value is -2.26. The summed E-state index contributed by atoms with van der Waals surface area (Å²) in [6.45, 7) is 0. The van der Waals surface area contributed by atoms with E-state index in [2.05, 4.69) is 20.5 Å². The zero-order valence-corrected chi connectivity index (χ0v) is 11.7. The van der Waals surface area contributed by atoms with Gasteiger partial charge in [-0.2, -0.15) is 5.10 Å². The van der Waals surface area contributed by atoms with Crippen LogP contribution in [0.5, 0.6) is 0 Å². The Bertz CT molecular complexity index is 692. The smallest absolute Gasteiger partial charge is 0.292 e. The van der Waals surface area contributed by atoms with E-state index in [1.165, 1.54) is 44.7 Å². The van der Waals surface area contributed by atoms with Crippen molar-refractivity contribution in [3.8, 4) is 0 Å². The summed E-state index contributed by atoms with van der Waals surface area (Å²) in [4.78, 5) is 15.6. The molecule has 1 heterocycles. The number of aromatic nitrogens is 3. The van der Waals surface area contributed by atoms with E-state index in [4.69, 9.17) is 0 Å². The number of nitrogens with one attached hydrogen (secondary N) is 2. The van der Waals surface area contributed by atoms with Crippen LogP contribution in [0.1, 0.15) is 10.6 Å². The van der Waals surface area contributed by atoms with Crippen LogP contribution in [-0.4, -0.2) is 47.9 Å². The van der Waals surface area contributed by atoms with Gasteiger partial charge in [0, 0.05) is 19.8 Å². The molecular formula is C11H13N5O3S. The van der Waals surface area contributed by atoms with Gasteiger partial charge in [-0.3, -0.25) is 9.89 Å². The molecule has 0 saturated heterocycles. The fraction of sp³-hybridized carbons (Fsp3) is 0.182. The maximum absolute atomic E-state index is 11.9. The molecule has 20 heavy (non-hydrogen) atoms. The Morgan fingerprint density at radius 1 is 1.25 bits per heavy atom. The van der Waals surface area contributed by atoms with Gasteiger partial charge in [0.05, 0.1) is 4.90 Å². The topological polar surface area (TPSA) is 108 Å². The minimum Gasteiger partial charge on any atom is -0.319 e. The molecule has 0 radical (unpaired) electrons. The number of hydrogen-bond acceptors (Lipinski definition) is 5. The van der Waals surface area contributed by atoms with E-state index in [1.807, 2.05) is 0 Å². The molecule has 0 unspecified atom stereocenters. The first-order chi connectivity index (χ1) is 9.41. The minimum atomic E-state index is -3.47. The number of carbonyl (C=O) groups excluding carboxylic acids is 1. The van der Waals surface area contributed by atoms with E-state index < -0.39 is 15.9 Å². The van der Waals surface area contributed by atoms with Gasteiger partial charge in [-0.05, 0) is 24.3 Å². The number of amides is 1. The van der Waals surface area contributed by atoms with Gasteiger partial charge >= 0.3 is 0 Å². The molecule has 2 aromatic rings. The van der Waals surface area contributed by atoms with Crippen LogP contribution in [0.4, 0.5) is 5.69 Å². The van der Waals surface area contributed by atoms with Crippen LogP contribution in [0.25, 0.3) is 0 Å². The number of sulfonamides is 1. The number of rotatable bonds is 4. The molecule has 8 nitrogen and oxygen atoms in total. The summed E-state index contributed by atoms with van der Waals surface area (Å²) in [7, 11) is -0.567. The van der Waals surface area contributed by atoms with Crippen molar-refractivity contribution in [2.75, 3.05) is 19.4 Å². The zero-order chi connectivity index (χ0) is 14.8. The molecule has 1 amide bonds. The van der Waals surface area contributed by atoms with Crippen LogP contribution in [0.2, 0.25) is 0 Å². The average Bonchev–Trinajstić information content (AvgIpc) is 2.93. The van der Waals surface area contributed by atoms with Crippen molar-refractivity contribution < 1.29 is 13.2 Å². The molecule has 0 atom stereocenters. The highest BCUT2D eigenvalue weighted by Gasteiger charge is 2.17. The molecule has 106 valence electrons. The molecule has 0 aliphatic rings. The lowest BCUT2D eigenvalue weighted by Crippen LogP contribution is -2.22. The van der Waals surface area contributed by atoms with Crippen molar-refractivity contribution in [3.05, 3.63) is 36.4 Å². The van der Waals surface area contributed by atoms with E-state index in [0.29, 0.717) is 5.69 Å². The van der Waals surface area contributed by atoms with Gasteiger partial charge in [-0.15, -0.1) is 0 Å². The van der Waals surface area contributed by atoms with E-state index in [0.717, 1.165) is 4.31 Å². The predicted octanol–water partition coefficient (Wildman–Crippen LogP) is 0.307. The van der Waals surface area contributed by atoms with Crippen molar-refractivity contribution in [1.29, 1.82) is 0 Å². The van der Waals surface area contributed by atoms with E-state index in [-0.39, 0.29) is 10.7 Å². The molecule has 0 bridgehead atoms. The molecule has 0 aliphatic heterocycles. The molecule has 2 rings (SSSR count). The highest BCUT2D eigenvalue weighted by molar-refractivity contribution is 7.89. The molecule has 9 heteroatoms. The van der Waals surface area contributed by atoms with Crippen LogP contribution in [0, 0.1) is 0 Å². The van der Waals surface area contributed by atoms with Gasteiger partial charge in [-0.25, -0.2) is 17.7 Å². The zero-order valence-electron chi connectivity index (χ0n) is 10.9. The molecule has 0 fully saturated rings. The normalized spacial score (nSPS) is 11.6. The summed E-state index contributed by atoms with van der Waals surface area (Å²) >= 11 is 0. The van der Waals surface area contributed by atoms with Crippen molar-refractivity contribution in [1.82, 2.24) is 19.5 Å². The van der Waals surface area contributed by atoms with Gasteiger partial charge in [0.2, 0.25) is 15.8 Å². The number of H-pyrrole nitrogens is 1. The van der Waals surface area contributed by atoms with E-state index in [9.17, 15) is 13.2 Å². The summed E-state index contributed by atoms with van der Waals surface area (Å²) in [6, 6.07) is 5.85. The van der Waals surface area contributed by atoms with Gasteiger partial charge in [0.25, 0.3) is 5.91 Å². The largest absolute Gasteiger partial charge is 0.319 e. The fourth-order valence-electron chi connectivity index (χ4n) is 1.43. The summed E-state index contributed by atoms with van der Waals surface area (Å²) in [5, 5.41) is 8.57. The van der Waals surface area contributed by atoms with Crippen LogP contribution < -0.4 is 5.32 Å². The van der Waals surface area contributed by atoms with Gasteiger partial charge in [0.1, 0.15) is 6.33 Å². The molecule has 0 saturated carbocycles. The Morgan fingerprint density at radius 3 is 2.40 bits per heavy atom. The molecule has 0 spiro atoms. The molecule has 1 aromatic carbocycles. The summed E-state index contributed by atoms with van der Waals surface area (Å²) < 4.78 is 24.9. The average molecular weight is 295 g/mol. The fourth-order valence-corrected chi connectivity index (χ4v) is 2.33. The van der Waals surface area contributed by atoms with Crippen LogP contribution >= 0.6 is 0 Å². The lowest BCUT2D eigenvalue weighted by atomic mass is 10.3. The van der Waals surface area contributed by atoms with Crippen molar-refractivity contribution in [2.45, 2.75) is 4.90 Å². The second-order valence-corrected chi connectivity index (χ2v) is 6.25. The molecule has 1 aromatic heterocycles. The highest BCUT2D eigenvalue weighted by Crippen LogP contribution is 2.16. The Labute approximate surface area is 115 Å². The first kappa shape index (κ1) is 14.2. The maximum atomic E-state index is 11.9. The standard InChI is InChI=1S/C11H13N5O3S/c1-16(2)20(18,19)9-5-3-8(4-6-9)14-11(17)10-12-7-13-15-10/h3-7H,1-2H3,(H,14,17)(H,12,13,15). The number of hydrogen-bond donors (Lipinski definition) is 2. The second-order valence-electron chi connectivity index (χ2n) is 4.10. The summed E-state index contributed by atoms with van der Waals surface area (Å²) in [6.07, 6.45) is 1.22. The highest BCUT2D eigenvalue weighted by atomic mass is 32.2. The number of benzene rings is 1. The van der Waals surface area contributed by atoms with Crippen LogP contribution in [0.15, 0.2) is 35.5 Å². The number of aromatic amines is 1. The van der Waals surface area contributed by atoms with Gasteiger partial charge in [0.15, 0.2) is 0 Å². The summed E-state index contributed by atoms with van der Waals surface area (Å²) in [5.74, 6) is -0.374. The lowest BCUT2D eigenvalue weighted by molar-refractivity contribution is 0.101. The van der Waals surface area contributed by atoms with Crippen molar-refractivity contribution in [2.24, 2.45) is 0 Å². The van der Waals surface area contributed by atoms with Crippen molar-refractivity contribution >= 4 is 21.6 Å². The van der Waals surface area contributed by atoms with Crippen LogP contribution in [0.3, 0.4) is 0 Å². The number of anilines is 1. The maximum Gasteiger partial charge on any atom is 0.292 e. The third kappa shape index (κ3) is 2.83. The van der Waals surface area contributed by atoms with Crippen LogP contribution in [-0.2, 0) is 10.0 Å². The molecule has 2 N–H and O–H groups in total. The van der Waals surface area contributed by atoms with Gasteiger partial charge < -0.3 is 5.32 Å². The van der Waals surface area contributed by atoms with E-state index >= 15 is 0 Å². The molecular weight excluding hydrogens is 282 g/mol. The SMILES string of the molecule is CN(C)S(=O)(=O)c1ccc(NC(=O)c2ncn[nH]2)cc1. The molecule has 0 aliphatic carbocycles. The van der Waals surface area contributed by atoms with Gasteiger partial charge in [-0.1, -0.05) is 0 Å². The quantitative estimate of drug-likeness (QED) is 0.843. The third-order valence-electron chi connectivity index (χ3n) is 2.52. The first-order valence-corrected chi connectivity index (χ1v) is 7.04.